The number of nitrogens with one attached hydrogen (secondary N) is 1. The van der Waals surface area contributed by atoms with E-state index in [-0.39, 0.29) is 10.8 Å². The van der Waals surface area contributed by atoms with Crippen LogP contribution in [0.2, 0.25) is 0 Å². The van der Waals surface area contributed by atoms with Gasteiger partial charge in [-0.3, -0.25) is 10.1 Å². The van der Waals surface area contributed by atoms with Crippen LogP contribution in [0.15, 0.2) is 59.5 Å². The summed E-state index contributed by atoms with van der Waals surface area (Å²) >= 11 is 1.41. The molecule has 150 valence electrons. The number of anilines is 1. The van der Waals surface area contributed by atoms with Gasteiger partial charge in [0.25, 0.3) is 5.91 Å². The molecule has 2 aromatic carbocycles. The highest BCUT2D eigenvalue weighted by molar-refractivity contribution is 7.89. The molecule has 3 aromatic rings. The smallest absolute Gasteiger partial charge is 0.257 e. The Morgan fingerprint density at radius 2 is 1.69 bits per heavy atom. The van der Waals surface area contributed by atoms with Crippen LogP contribution in [0.3, 0.4) is 0 Å². The molecule has 0 aliphatic carbocycles. The Morgan fingerprint density at radius 3 is 2.34 bits per heavy atom. The predicted octanol–water partition coefficient (Wildman–Crippen LogP) is 4.16. The Hall–Kier alpha value is -2.55. The minimum Gasteiger partial charge on any atom is -0.298 e. The third-order valence-electron chi connectivity index (χ3n) is 4.88. The van der Waals surface area contributed by atoms with Crippen molar-refractivity contribution >= 4 is 32.4 Å². The average molecular weight is 428 g/mol. The fraction of sp³-hybridized carbons (Fsp3) is 0.238. The van der Waals surface area contributed by atoms with E-state index in [2.05, 4.69) is 10.3 Å². The number of benzene rings is 2. The molecule has 29 heavy (non-hydrogen) atoms. The third-order valence-corrected chi connectivity index (χ3v) is 7.68. The second-order valence-corrected chi connectivity index (χ2v) is 10.0. The zero-order valence-electron chi connectivity index (χ0n) is 16.0. The molecule has 2 heterocycles. The second-order valence-electron chi connectivity index (χ2n) is 6.88. The van der Waals surface area contributed by atoms with Crippen LogP contribution in [0.1, 0.15) is 28.1 Å². The Morgan fingerprint density at radius 1 is 1.03 bits per heavy atom. The van der Waals surface area contributed by atoms with Crippen molar-refractivity contribution in [3.05, 3.63) is 65.0 Å². The number of aryl methyl sites for hydroxylation is 1. The van der Waals surface area contributed by atoms with Crippen LogP contribution in [0.4, 0.5) is 5.13 Å². The fourth-order valence-corrected chi connectivity index (χ4v) is 5.69. The lowest BCUT2D eigenvalue weighted by Crippen LogP contribution is -2.27. The number of hydrogen-bond acceptors (Lipinski definition) is 5. The summed E-state index contributed by atoms with van der Waals surface area (Å²) in [5.74, 6) is -0.316. The minimum atomic E-state index is -3.48. The first-order valence-electron chi connectivity index (χ1n) is 9.39. The van der Waals surface area contributed by atoms with Gasteiger partial charge in [-0.05, 0) is 44.0 Å². The van der Waals surface area contributed by atoms with Crippen LogP contribution in [-0.2, 0) is 10.0 Å². The average Bonchev–Trinajstić information content (AvgIpc) is 3.39. The fourth-order valence-electron chi connectivity index (χ4n) is 3.34. The van der Waals surface area contributed by atoms with Gasteiger partial charge in [0.05, 0.1) is 10.6 Å². The number of rotatable bonds is 5. The molecule has 1 N–H and O–H groups in total. The molecule has 1 saturated heterocycles. The molecule has 0 spiro atoms. The molecule has 1 amide bonds. The number of carbonyl (C=O) groups is 1. The van der Waals surface area contributed by atoms with Crippen molar-refractivity contribution in [3.8, 4) is 11.3 Å². The lowest BCUT2D eigenvalue weighted by Gasteiger charge is -2.15. The van der Waals surface area contributed by atoms with E-state index >= 15 is 0 Å². The van der Waals surface area contributed by atoms with Gasteiger partial charge in [0.1, 0.15) is 0 Å². The van der Waals surface area contributed by atoms with Gasteiger partial charge in [0, 0.05) is 29.1 Å². The van der Waals surface area contributed by atoms with Gasteiger partial charge in [-0.1, -0.05) is 30.3 Å². The van der Waals surface area contributed by atoms with Gasteiger partial charge in [0.2, 0.25) is 10.0 Å². The highest BCUT2D eigenvalue weighted by atomic mass is 32.2. The topological polar surface area (TPSA) is 79.4 Å². The molecular formula is C21H21N3O3S2. The van der Waals surface area contributed by atoms with Crippen molar-refractivity contribution in [1.29, 1.82) is 0 Å². The number of hydrogen-bond donors (Lipinski definition) is 1. The lowest BCUT2D eigenvalue weighted by molar-refractivity contribution is 0.102. The van der Waals surface area contributed by atoms with Crippen molar-refractivity contribution in [2.24, 2.45) is 0 Å². The molecule has 1 aliphatic rings. The standard InChI is InChI=1S/C21H21N3O3S2/c1-15-19(16-7-3-2-4-8-16)22-21(28-15)23-20(25)17-9-11-18(12-10-17)29(26,27)24-13-5-6-14-24/h2-4,7-12H,5-6,13-14H2,1H3,(H,22,23,25). The van der Waals surface area contributed by atoms with Crippen molar-refractivity contribution in [2.45, 2.75) is 24.7 Å². The molecule has 0 bridgehead atoms. The molecular weight excluding hydrogens is 406 g/mol. The maximum Gasteiger partial charge on any atom is 0.257 e. The van der Waals surface area contributed by atoms with Crippen LogP contribution in [0.25, 0.3) is 11.3 Å². The summed E-state index contributed by atoms with van der Waals surface area (Å²) in [6, 6.07) is 15.9. The molecule has 0 atom stereocenters. The minimum absolute atomic E-state index is 0.215. The van der Waals surface area contributed by atoms with E-state index in [1.54, 1.807) is 0 Å². The van der Waals surface area contributed by atoms with E-state index in [0.717, 1.165) is 29.0 Å². The second kappa shape index (κ2) is 8.06. The van der Waals surface area contributed by atoms with Crippen molar-refractivity contribution in [2.75, 3.05) is 18.4 Å². The maximum atomic E-state index is 12.6. The van der Waals surface area contributed by atoms with Gasteiger partial charge in [0.15, 0.2) is 5.13 Å². The molecule has 0 saturated carbocycles. The molecule has 0 radical (unpaired) electrons. The number of thiazole rings is 1. The van der Waals surface area contributed by atoms with E-state index < -0.39 is 10.0 Å². The molecule has 1 aliphatic heterocycles. The highest BCUT2D eigenvalue weighted by Crippen LogP contribution is 2.30. The Balaban J connectivity index is 1.49. The number of amides is 1. The Labute approximate surface area is 174 Å². The summed E-state index contributed by atoms with van der Waals surface area (Å²) in [4.78, 5) is 18.4. The highest BCUT2D eigenvalue weighted by Gasteiger charge is 2.27. The largest absolute Gasteiger partial charge is 0.298 e. The van der Waals surface area contributed by atoms with Crippen LogP contribution in [0, 0.1) is 6.92 Å². The quantitative estimate of drug-likeness (QED) is 0.663. The van der Waals surface area contributed by atoms with Gasteiger partial charge in [-0.15, -0.1) is 11.3 Å². The molecule has 8 heteroatoms. The SMILES string of the molecule is Cc1sc(NC(=O)c2ccc(S(=O)(=O)N3CCCC3)cc2)nc1-c1ccccc1. The summed E-state index contributed by atoms with van der Waals surface area (Å²) < 4.78 is 26.7. The number of nitrogens with zero attached hydrogens (tertiary/aromatic N) is 2. The Kier molecular flexibility index (Phi) is 5.49. The van der Waals surface area contributed by atoms with Crippen LogP contribution < -0.4 is 5.32 Å². The van der Waals surface area contributed by atoms with Crippen LogP contribution in [0.5, 0.6) is 0 Å². The van der Waals surface area contributed by atoms with Gasteiger partial charge >= 0.3 is 0 Å². The summed E-state index contributed by atoms with van der Waals surface area (Å²) in [5, 5.41) is 3.33. The Bertz CT molecular complexity index is 1120. The number of carbonyl (C=O) groups excluding carboxylic acids is 1. The molecule has 1 fully saturated rings. The summed E-state index contributed by atoms with van der Waals surface area (Å²) in [6.07, 6.45) is 1.77. The van der Waals surface area contributed by atoms with Crippen molar-refractivity contribution in [3.63, 3.8) is 0 Å². The maximum absolute atomic E-state index is 12.6. The van der Waals surface area contributed by atoms with E-state index in [9.17, 15) is 13.2 Å². The van der Waals surface area contributed by atoms with E-state index in [1.165, 1.54) is 39.9 Å². The summed E-state index contributed by atoms with van der Waals surface area (Å²) in [6.45, 7) is 3.07. The number of sulfonamides is 1. The van der Waals surface area contributed by atoms with E-state index in [1.807, 2.05) is 37.3 Å². The first kappa shape index (κ1) is 19.8. The number of aromatic nitrogens is 1. The van der Waals surface area contributed by atoms with Crippen LogP contribution >= 0.6 is 11.3 Å². The third kappa shape index (κ3) is 4.10. The van der Waals surface area contributed by atoms with Gasteiger partial charge < -0.3 is 0 Å². The molecule has 4 rings (SSSR count). The predicted molar refractivity (Wildman–Crippen MR) is 115 cm³/mol. The van der Waals surface area contributed by atoms with Gasteiger partial charge in [-0.2, -0.15) is 4.31 Å². The summed E-state index contributed by atoms with van der Waals surface area (Å²) in [7, 11) is -3.48. The molecule has 1 aromatic heterocycles. The summed E-state index contributed by atoms with van der Waals surface area (Å²) in [5.41, 5.74) is 2.23. The molecule has 6 nitrogen and oxygen atoms in total. The zero-order valence-corrected chi connectivity index (χ0v) is 17.6. The van der Waals surface area contributed by atoms with Crippen LogP contribution in [-0.4, -0.2) is 36.7 Å². The van der Waals surface area contributed by atoms with E-state index in [4.69, 9.17) is 0 Å². The monoisotopic (exact) mass is 427 g/mol. The van der Waals surface area contributed by atoms with Gasteiger partial charge in [-0.25, -0.2) is 13.4 Å². The molecule has 0 unspecified atom stereocenters. The van der Waals surface area contributed by atoms with Crippen molar-refractivity contribution < 1.29 is 13.2 Å². The zero-order chi connectivity index (χ0) is 20.4. The normalized spacial score (nSPS) is 14.8. The lowest BCUT2D eigenvalue weighted by atomic mass is 10.1. The first-order chi connectivity index (χ1) is 13.9. The first-order valence-corrected chi connectivity index (χ1v) is 11.7. The van der Waals surface area contributed by atoms with Crippen molar-refractivity contribution in [1.82, 2.24) is 9.29 Å². The van der Waals surface area contributed by atoms with E-state index in [0.29, 0.717) is 23.8 Å².